The van der Waals surface area contributed by atoms with Gasteiger partial charge in [0, 0.05) is 16.6 Å². The van der Waals surface area contributed by atoms with Gasteiger partial charge in [0.25, 0.3) is 0 Å². The van der Waals surface area contributed by atoms with Gasteiger partial charge in [-0.2, -0.15) is 0 Å². The Morgan fingerprint density at radius 1 is 1.38 bits per heavy atom. The molecule has 0 amide bonds. The van der Waals surface area contributed by atoms with E-state index in [4.69, 9.17) is 16.3 Å². The van der Waals surface area contributed by atoms with Crippen molar-refractivity contribution in [1.29, 1.82) is 0 Å². The van der Waals surface area contributed by atoms with E-state index in [0.29, 0.717) is 28.8 Å². The Labute approximate surface area is 136 Å². The first-order valence-corrected chi connectivity index (χ1v) is 7.75. The number of rotatable bonds is 6. The third-order valence-corrected chi connectivity index (χ3v) is 3.54. The van der Waals surface area contributed by atoms with Crippen LogP contribution in [-0.2, 0) is 6.54 Å². The van der Waals surface area contributed by atoms with E-state index < -0.39 is 5.82 Å². The lowest BCUT2D eigenvalue weighted by Crippen LogP contribution is -2.15. The zero-order valence-corrected chi connectivity index (χ0v) is 13.8. The van der Waals surface area contributed by atoms with Crippen molar-refractivity contribution < 1.29 is 9.13 Å². The smallest absolute Gasteiger partial charge is 0.223 e. The minimum atomic E-state index is -0.393. The SMILES string of the molecule is CCCNCc1cc(F)cnc1Oc1cc(Br)ccc1Cl. The summed E-state index contributed by atoms with van der Waals surface area (Å²) in [4.78, 5) is 4.01. The average molecular weight is 374 g/mol. The third-order valence-electron chi connectivity index (χ3n) is 2.73. The number of ether oxygens (including phenoxy) is 1. The van der Waals surface area contributed by atoms with Crippen LogP contribution in [-0.4, -0.2) is 11.5 Å². The molecule has 6 heteroatoms. The van der Waals surface area contributed by atoms with E-state index in [1.54, 1.807) is 12.1 Å². The second-order valence-electron chi connectivity index (χ2n) is 4.47. The quantitative estimate of drug-likeness (QED) is 0.729. The zero-order valence-electron chi connectivity index (χ0n) is 11.5. The van der Waals surface area contributed by atoms with Crippen LogP contribution in [0, 0.1) is 5.82 Å². The Morgan fingerprint density at radius 2 is 2.19 bits per heavy atom. The van der Waals surface area contributed by atoms with Crippen molar-refractivity contribution in [2.24, 2.45) is 0 Å². The zero-order chi connectivity index (χ0) is 15.2. The van der Waals surface area contributed by atoms with Crippen LogP contribution >= 0.6 is 27.5 Å². The molecule has 0 aliphatic heterocycles. The summed E-state index contributed by atoms with van der Waals surface area (Å²) in [6, 6.07) is 6.70. The van der Waals surface area contributed by atoms with Gasteiger partial charge in [0.2, 0.25) is 5.88 Å². The number of hydrogen-bond donors (Lipinski definition) is 1. The van der Waals surface area contributed by atoms with Gasteiger partial charge in [0.05, 0.1) is 11.2 Å². The molecule has 0 unspecified atom stereocenters. The lowest BCUT2D eigenvalue weighted by atomic mass is 10.2. The molecule has 0 aliphatic carbocycles. The van der Waals surface area contributed by atoms with E-state index in [1.807, 2.05) is 6.07 Å². The van der Waals surface area contributed by atoms with Crippen molar-refractivity contribution in [2.75, 3.05) is 6.54 Å². The molecule has 0 saturated carbocycles. The fourth-order valence-electron chi connectivity index (χ4n) is 1.75. The van der Waals surface area contributed by atoms with Crippen molar-refractivity contribution in [1.82, 2.24) is 10.3 Å². The second-order valence-corrected chi connectivity index (χ2v) is 5.79. The van der Waals surface area contributed by atoms with Crippen LogP contribution in [0.15, 0.2) is 34.9 Å². The van der Waals surface area contributed by atoms with Crippen LogP contribution < -0.4 is 10.1 Å². The van der Waals surface area contributed by atoms with E-state index in [1.165, 1.54) is 6.07 Å². The highest BCUT2D eigenvalue weighted by molar-refractivity contribution is 9.10. The largest absolute Gasteiger partial charge is 0.437 e. The monoisotopic (exact) mass is 372 g/mol. The lowest BCUT2D eigenvalue weighted by molar-refractivity contribution is 0.448. The third kappa shape index (κ3) is 4.66. The van der Waals surface area contributed by atoms with Crippen molar-refractivity contribution in [3.63, 3.8) is 0 Å². The van der Waals surface area contributed by atoms with Crippen molar-refractivity contribution >= 4 is 27.5 Å². The highest BCUT2D eigenvalue weighted by atomic mass is 79.9. The van der Waals surface area contributed by atoms with E-state index >= 15 is 0 Å². The Bertz CT molecular complexity index is 625. The van der Waals surface area contributed by atoms with Gasteiger partial charge in [-0.1, -0.05) is 34.5 Å². The van der Waals surface area contributed by atoms with Gasteiger partial charge in [-0.15, -0.1) is 0 Å². The van der Waals surface area contributed by atoms with Gasteiger partial charge in [-0.05, 0) is 37.2 Å². The maximum Gasteiger partial charge on any atom is 0.223 e. The molecule has 112 valence electrons. The molecule has 0 atom stereocenters. The minimum Gasteiger partial charge on any atom is -0.437 e. The Kier molecular flexibility index (Phi) is 5.96. The molecular formula is C15H15BrClFN2O. The maximum atomic E-state index is 13.4. The van der Waals surface area contributed by atoms with Gasteiger partial charge in [0.1, 0.15) is 11.6 Å². The first-order chi connectivity index (χ1) is 10.1. The van der Waals surface area contributed by atoms with Gasteiger partial charge in [0.15, 0.2) is 0 Å². The van der Waals surface area contributed by atoms with E-state index in [2.05, 4.69) is 33.2 Å². The van der Waals surface area contributed by atoms with Crippen LogP contribution in [0.2, 0.25) is 5.02 Å². The summed E-state index contributed by atoms with van der Waals surface area (Å²) < 4.78 is 19.9. The summed E-state index contributed by atoms with van der Waals surface area (Å²) in [7, 11) is 0. The summed E-state index contributed by atoms with van der Waals surface area (Å²) in [6.07, 6.45) is 2.13. The summed E-state index contributed by atoms with van der Waals surface area (Å²) in [5, 5.41) is 3.67. The second kappa shape index (κ2) is 7.73. The van der Waals surface area contributed by atoms with E-state index in [0.717, 1.165) is 23.6 Å². The summed E-state index contributed by atoms with van der Waals surface area (Å²) in [6.45, 7) is 3.39. The van der Waals surface area contributed by atoms with Crippen molar-refractivity contribution in [3.8, 4) is 11.6 Å². The molecule has 2 aromatic rings. The predicted molar refractivity (Wildman–Crippen MR) is 85.4 cm³/mol. The van der Waals surface area contributed by atoms with Gasteiger partial charge in [-0.3, -0.25) is 0 Å². The van der Waals surface area contributed by atoms with E-state index in [-0.39, 0.29) is 0 Å². The summed E-state index contributed by atoms with van der Waals surface area (Å²) >= 11 is 9.45. The fraction of sp³-hybridized carbons (Fsp3) is 0.267. The summed E-state index contributed by atoms with van der Waals surface area (Å²) in [5.74, 6) is 0.429. The molecule has 3 nitrogen and oxygen atoms in total. The highest BCUT2D eigenvalue weighted by Gasteiger charge is 2.11. The molecule has 0 radical (unpaired) electrons. The molecule has 21 heavy (non-hydrogen) atoms. The number of halogens is 3. The first kappa shape index (κ1) is 16.2. The standard InChI is InChI=1S/C15H15BrClFN2O/c1-2-5-19-8-10-6-12(18)9-20-15(10)21-14-7-11(16)3-4-13(14)17/h3-4,6-7,9,19H,2,5,8H2,1H3. The molecule has 0 aliphatic rings. The van der Waals surface area contributed by atoms with Crippen molar-refractivity contribution in [3.05, 3.63) is 51.3 Å². The van der Waals surface area contributed by atoms with Crippen LogP contribution in [0.25, 0.3) is 0 Å². The molecule has 1 heterocycles. The summed E-state index contributed by atoms with van der Waals surface area (Å²) in [5.41, 5.74) is 0.652. The molecule has 0 saturated heterocycles. The van der Waals surface area contributed by atoms with Crippen LogP contribution in [0.4, 0.5) is 4.39 Å². The topological polar surface area (TPSA) is 34.2 Å². The van der Waals surface area contributed by atoms with Gasteiger partial charge in [-0.25, -0.2) is 9.37 Å². The molecule has 0 bridgehead atoms. The highest BCUT2D eigenvalue weighted by Crippen LogP contribution is 2.32. The predicted octanol–water partition coefficient (Wildman–Crippen LogP) is 4.93. The average Bonchev–Trinajstić information content (AvgIpc) is 2.46. The fourth-order valence-corrected chi connectivity index (χ4v) is 2.24. The molecular weight excluding hydrogens is 359 g/mol. The molecule has 2 rings (SSSR count). The number of pyridine rings is 1. The first-order valence-electron chi connectivity index (χ1n) is 6.58. The number of nitrogens with zero attached hydrogens (tertiary/aromatic N) is 1. The number of aromatic nitrogens is 1. The Hall–Kier alpha value is -1.17. The normalized spacial score (nSPS) is 10.7. The Balaban J connectivity index is 2.24. The molecule has 0 spiro atoms. The molecule has 0 fully saturated rings. The van der Waals surface area contributed by atoms with E-state index in [9.17, 15) is 4.39 Å². The molecule has 1 aromatic carbocycles. The number of hydrogen-bond acceptors (Lipinski definition) is 3. The number of nitrogens with one attached hydrogen (secondary N) is 1. The van der Waals surface area contributed by atoms with Crippen LogP contribution in [0.5, 0.6) is 11.6 Å². The lowest BCUT2D eigenvalue weighted by Gasteiger charge is -2.12. The van der Waals surface area contributed by atoms with Crippen molar-refractivity contribution in [2.45, 2.75) is 19.9 Å². The van der Waals surface area contributed by atoms with Gasteiger partial charge < -0.3 is 10.1 Å². The Morgan fingerprint density at radius 3 is 2.95 bits per heavy atom. The van der Waals surface area contributed by atoms with Gasteiger partial charge >= 0.3 is 0 Å². The number of benzene rings is 1. The molecule has 1 aromatic heterocycles. The van der Waals surface area contributed by atoms with Crippen LogP contribution in [0.1, 0.15) is 18.9 Å². The van der Waals surface area contributed by atoms with Crippen LogP contribution in [0.3, 0.4) is 0 Å². The molecule has 1 N–H and O–H groups in total. The minimum absolute atomic E-state index is 0.347. The maximum absolute atomic E-state index is 13.4.